The molecule has 1 aliphatic carbocycles. The highest BCUT2D eigenvalue weighted by atomic mass is 32.1. The number of fused-ring (bicyclic) bond motifs is 18. The lowest BCUT2D eigenvalue weighted by molar-refractivity contribution is 0.669. The van der Waals surface area contributed by atoms with Crippen LogP contribution in [0, 0.1) is 0 Å². The van der Waals surface area contributed by atoms with Crippen LogP contribution >= 0.6 is 22.7 Å². The van der Waals surface area contributed by atoms with Crippen LogP contribution in [0.4, 0.5) is 0 Å². The predicted molar refractivity (Wildman–Crippen MR) is 381 cm³/mol. The van der Waals surface area contributed by atoms with Gasteiger partial charge in [0.2, 0.25) is 0 Å². The van der Waals surface area contributed by atoms with Crippen molar-refractivity contribution in [3.05, 3.63) is 308 Å². The second-order valence-corrected chi connectivity index (χ2v) is 26.2. The van der Waals surface area contributed by atoms with Gasteiger partial charge in [-0.1, -0.05) is 218 Å². The first-order valence-electron chi connectivity index (χ1n) is 30.8. The van der Waals surface area contributed by atoms with E-state index < -0.39 is 0 Å². The van der Waals surface area contributed by atoms with Crippen LogP contribution in [0.3, 0.4) is 0 Å². The third-order valence-electron chi connectivity index (χ3n) is 19.3. The lowest BCUT2D eigenvalue weighted by atomic mass is 9.85. The largest absolute Gasteiger partial charge is 0.455 e. The van der Waals surface area contributed by atoms with Gasteiger partial charge >= 0.3 is 0 Å². The number of benzene rings is 14. The summed E-state index contributed by atoms with van der Waals surface area (Å²) in [5, 5.41) is 12.0. The molecule has 0 fully saturated rings. The van der Waals surface area contributed by atoms with E-state index in [1.807, 2.05) is 22.7 Å². The summed E-state index contributed by atoms with van der Waals surface area (Å²) in [6.07, 6.45) is 0. The molecule has 0 aliphatic heterocycles. The van der Waals surface area contributed by atoms with Gasteiger partial charge in [-0.25, -0.2) is 0 Å². The van der Waals surface area contributed by atoms with Crippen molar-refractivity contribution in [2.45, 2.75) is 5.92 Å². The molecule has 418 valence electrons. The van der Waals surface area contributed by atoms with E-state index in [2.05, 4.69) is 296 Å². The smallest absolute Gasteiger partial charge is 0.143 e. The number of para-hydroxylation sites is 4. The number of furan rings is 2. The van der Waals surface area contributed by atoms with Crippen LogP contribution in [-0.2, 0) is 0 Å². The minimum absolute atomic E-state index is 0.0151. The van der Waals surface area contributed by atoms with Gasteiger partial charge in [0.05, 0.1) is 11.0 Å². The first-order valence-corrected chi connectivity index (χ1v) is 32.4. The Morgan fingerprint density at radius 2 is 0.656 bits per heavy atom. The predicted octanol–water partition coefficient (Wildman–Crippen LogP) is 24.8. The van der Waals surface area contributed by atoms with Crippen molar-refractivity contribution in [3.63, 3.8) is 0 Å². The Morgan fingerprint density at radius 3 is 1.18 bits per heavy atom. The van der Waals surface area contributed by atoms with Gasteiger partial charge in [0, 0.05) is 107 Å². The maximum atomic E-state index is 6.99. The van der Waals surface area contributed by atoms with Gasteiger partial charge in [-0.15, -0.1) is 22.7 Å². The lowest BCUT2D eigenvalue weighted by Gasteiger charge is -2.19. The summed E-state index contributed by atoms with van der Waals surface area (Å²) in [5.41, 5.74) is 24.8. The first kappa shape index (κ1) is 50.0. The third-order valence-corrected chi connectivity index (χ3v) is 21.7. The number of hydrogen-bond acceptors (Lipinski definition) is 4. The monoisotopic (exact) mass is 1180 g/mol. The fourth-order valence-electron chi connectivity index (χ4n) is 15.2. The fourth-order valence-corrected chi connectivity index (χ4v) is 17.7. The summed E-state index contributed by atoms with van der Waals surface area (Å²) in [6.45, 7) is 0. The molecule has 0 radical (unpaired) electrons. The highest BCUT2D eigenvalue weighted by molar-refractivity contribution is 7.26. The van der Waals surface area contributed by atoms with E-state index in [-0.39, 0.29) is 5.92 Å². The lowest BCUT2D eigenvalue weighted by Crippen LogP contribution is -2.01. The molecule has 90 heavy (non-hydrogen) atoms. The highest BCUT2D eigenvalue weighted by Crippen LogP contribution is 2.51. The molecule has 1 aliphatic rings. The SMILES string of the molecule is c1ccc2c(c1)-c1ccccc1C2c1cc(-c2cc(-c3ccc4oc5c(-c6cccc7c6sc6ccccc67)cccc5c4c3)cc(-n3c4ccccc4c4ccccc43)c2)cc(-c2ccc3oc4c(-c5cccc6c5sc5ccccc56)cccc4c3c2)c1. The number of nitrogens with zero attached hydrogens (tertiary/aromatic N) is 1. The molecule has 0 spiro atoms. The van der Waals surface area contributed by atoms with Crippen LogP contribution in [0.15, 0.2) is 300 Å². The molecule has 0 bridgehead atoms. The minimum Gasteiger partial charge on any atom is -0.455 e. The molecule has 0 N–H and O–H groups in total. The van der Waals surface area contributed by atoms with E-state index in [1.165, 1.54) is 90.1 Å². The van der Waals surface area contributed by atoms with Crippen molar-refractivity contribution in [1.29, 1.82) is 0 Å². The maximum absolute atomic E-state index is 6.99. The van der Waals surface area contributed by atoms with E-state index in [0.29, 0.717) is 0 Å². The summed E-state index contributed by atoms with van der Waals surface area (Å²) < 4.78 is 21.6. The summed E-state index contributed by atoms with van der Waals surface area (Å²) in [5.74, 6) is 0.0151. The average molecular weight is 1180 g/mol. The second-order valence-electron chi connectivity index (χ2n) is 24.1. The molecular weight excluding hydrogens is 1130 g/mol. The molecule has 0 saturated heterocycles. The molecule has 0 unspecified atom stereocenters. The molecule has 14 aromatic carbocycles. The van der Waals surface area contributed by atoms with Crippen LogP contribution in [-0.4, -0.2) is 4.57 Å². The quantitative estimate of drug-likeness (QED) is 0.159. The zero-order valence-corrected chi connectivity index (χ0v) is 50.0. The van der Waals surface area contributed by atoms with E-state index in [1.54, 1.807) is 0 Å². The Morgan fingerprint density at radius 1 is 0.267 bits per heavy atom. The Kier molecular flexibility index (Phi) is 10.7. The van der Waals surface area contributed by atoms with Gasteiger partial charge in [-0.3, -0.25) is 0 Å². The van der Waals surface area contributed by atoms with Crippen molar-refractivity contribution in [3.8, 4) is 72.4 Å². The van der Waals surface area contributed by atoms with E-state index >= 15 is 0 Å². The van der Waals surface area contributed by atoms with Crippen molar-refractivity contribution in [1.82, 2.24) is 4.57 Å². The standard InChI is InChI=1S/C85H49NO2S2/c1-3-23-63-57(17-1)58-18-2-4-24-64(58)81(63)55-43-51(49-37-39-77-73(47-49)67-27-13-25-65(82(67)87-77)71-31-15-29-69-61-21-7-11-35-79(61)89-84(69)71)41-52(44-55)54-42-53(45-56(46-54)86-75-33-9-5-19-59(75)60-20-6-10-34-76(60)86)50-38-40-78-74(48-50)68-28-14-26-66(83(68)88-78)72-32-16-30-70-62-22-8-12-36-80(62)90-85(70)72/h1-48,81H. The number of aromatic nitrogens is 1. The van der Waals surface area contributed by atoms with Gasteiger partial charge in [-0.05, 0) is 134 Å². The highest BCUT2D eigenvalue weighted by Gasteiger charge is 2.31. The molecule has 5 aromatic heterocycles. The Hall–Kier alpha value is -11.1. The van der Waals surface area contributed by atoms with Gasteiger partial charge in [-0.2, -0.15) is 0 Å². The summed E-state index contributed by atoms with van der Waals surface area (Å²) in [6, 6.07) is 108. The Bertz CT molecular complexity index is 6160. The van der Waals surface area contributed by atoms with Crippen LogP contribution in [0.1, 0.15) is 22.6 Å². The molecule has 3 nitrogen and oxygen atoms in total. The Balaban J connectivity index is 0.801. The van der Waals surface area contributed by atoms with Crippen molar-refractivity contribution in [2.24, 2.45) is 0 Å². The zero-order valence-electron chi connectivity index (χ0n) is 48.4. The number of thiophene rings is 2. The normalized spacial score (nSPS) is 12.6. The van der Waals surface area contributed by atoms with Crippen LogP contribution < -0.4 is 0 Å². The van der Waals surface area contributed by atoms with E-state index in [4.69, 9.17) is 8.83 Å². The maximum Gasteiger partial charge on any atom is 0.143 e. The van der Waals surface area contributed by atoms with Crippen LogP contribution in [0.2, 0.25) is 0 Å². The van der Waals surface area contributed by atoms with Crippen LogP contribution in [0.25, 0.3) is 178 Å². The average Bonchev–Trinajstić information content (AvgIpc) is 2.03. The zero-order chi connectivity index (χ0) is 58.7. The molecule has 0 amide bonds. The second kappa shape index (κ2) is 19.2. The summed E-state index contributed by atoms with van der Waals surface area (Å²) >= 11 is 3.71. The van der Waals surface area contributed by atoms with Gasteiger partial charge in [0.25, 0.3) is 0 Å². The van der Waals surface area contributed by atoms with Crippen LogP contribution in [0.5, 0.6) is 0 Å². The third kappa shape index (κ3) is 7.39. The molecular formula is C85H49NO2S2. The molecule has 0 atom stereocenters. The van der Waals surface area contributed by atoms with Gasteiger partial charge < -0.3 is 13.4 Å². The fraction of sp³-hybridized carbons (Fsp3) is 0.0118. The number of rotatable bonds is 7. The van der Waals surface area contributed by atoms with Crippen molar-refractivity contribution in [2.75, 3.05) is 0 Å². The minimum atomic E-state index is 0.0151. The van der Waals surface area contributed by atoms with Gasteiger partial charge in [0.1, 0.15) is 22.3 Å². The molecule has 0 saturated carbocycles. The van der Waals surface area contributed by atoms with Crippen molar-refractivity contribution < 1.29 is 8.83 Å². The van der Waals surface area contributed by atoms with E-state index in [0.717, 1.165) is 105 Å². The van der Waals surface area contributed by atoms with Gasteiger partial charge in [0.15, 0.2) is 0 Å². The van der Waals surface area contributed by atoms with E-state index in [9.17, 15) is 0 Å². The Labute approximate surface area is 524 Å². The molecule has 19 aromatic rings. The molecule has 5 heterocycles. The summed E-state index contributed by atoms with van der Waals surface area (Å²) in [4.78, 5) is 0. The molecule has 20 rings (SSSR count). The number of hydrogen-bond donors (Lipinski definition) is 0. The molecule has 5 heteroatoms. The first-order chi connectivity index (χ1) is 44.6. The van der Waals surface area contributed by atoms with Crippen molar-refractivity contribution >= 4 is 129 Å². The summed E-state index contributed by atoms with van der Waals surface area (Å²) in [7, 11) is 0. The topological polar surface area (TPSA) is 31.2 Å².